The molecule has 0 spiro atoms. The number of nitrogen functional groups attached to an aromatic ring is 1. The zero-order valence-electron chi connectivity index (χ0n) is 19.4. The largest absolute Gasteiger partial charge is 0.383 e. The molecule has 4 aromatic rings. The lowest BCUT2D eigenvalue weighted by Crippen LogP contribution is -2.51. The second kappa shape index (κ2) is 7.58. The zero-order chi connectivity index (χ0) is 24.4. The van der Waals surface area contributed by atoms with Gasteiger partial charge >= 0.3 is 0 Å². The maximum atomic E-state index is 13.4. The van der Waals surface area contributed by atoms with E-state index in [0.717, 1.165) is 42.6 Å². The van der Waals surface area contributed by atoms with Crippen molar-refractivity contribution in [1.82, 2.24) is 29.7 Å². The molecular weight excluding hydrogens is 456 g/mol. The number of carbonyl (C=O) groups is 2. The number of rotatable bonds is 6. The van der Waals surface area contributed by atoms with E-state index in [2.05, 4.69) is 25.6 Å². The molecule has 4 heterocycles. The Morgan fingerprint density at radius 2 is 1.94 bits per heavy atom. The van der Waals surface area contributed by atoms with Gasteiger partial charge in [0.1, 0.15) is 17.3 Å². The average molecular weight is 481 g/mol. The van der Waals surface area contributed by atoms with Crippen LogP contribution in [-0.2, 0) is 21.4 Å². The second-order valence-corrected chi connectivity index (χ2v) is 9.83. The molecule has 2 aliphatic carbocycles. The van der Waals surface area contributed by atoms with Crippen LogP contribution in [0.15, 0.2) is 48.9 Å². The molecule has 180 valence electrons. The van der Waals surface area contributed by atoms with Gasteiger partial charge in [0, 0.05) is 31.1 Å². The average Bonchev–Trinajstić information content (AvgIpc) is 3.80. The van der Waals surface area contributed by atoms with Crippen LogP contribution in [0.4, 0.5) is 11.6 Å². The lowest BCUT2D eigenvalue weighted by Gasteiger charge is -2.26. The third kappa shape index (κ3) is 3.17. The summed E-state index contributed by atoms with van der Waals surface area (Å²) in [6.07, 6.45) is 9.37. The van der Waals surface area contributed by atoms with Crippen LogP contribution >= 0.6 is 0 Å². The van der Waals surface area contributed by atoms with Crippen molar-refractivity contribution in [2.75, 3.05) is 11.1 Å². The Balaban J connectivity index is 1.33. The van der Waals surface area contributed by atoms with Crippen molar-refractivity contribution in [3.63, 3.8) is 0 Å². The number of amides is 2. The Bertz CT molecular complexity index is 1540. The fourth-order valence-corrected chi connectivity index (χ4v) is 5.24. The predicted octanol–water partition coefficient (Wildman–Crippen LogP) is 2.24. The Kier molecular flexibility index (Phi) is 4.42. The summed E-state index contributed by atoms with van der Waals surface area (Å²) in [5.74, 6) is -0.0763. The van der Waals surface area contributed by atoms with E-state index in [1.807, 2.05) is 40.9 Å². The van der Waals surface area contributed by atoms with Gasteiger partial charge in [-0.1, -0.05) is 30.3 Å². The first-order chi connectivity index (χ1) is 17.5. The van der Waals surface area contributed by atoms with Crippen LogP contribution in [0.1, 0.15) is 42.5 Å². The van der Waals surface area contributed by atoms with Gasteiger partial charge in [-0.15, -0.1) is 0 Å². The maximum Gasteiger partial charge on any atom is 0.246 e. The molecule has 1 atom stereocenters. The van der Waals surface area contributed by atoms with Crippen LogP contribution in [0.2, 0.25) is 0 Å². The maximum absolute atomic E-state index is 13.4. The number of anilines is 2. The molecule has 1 aromatic carbocycles. The molecule has 1 unspecified atom stereocenters. The fourth-order valence-electron chi connectivity index (χ4n) is 5.24. The molecule has 10 nitrogen and oxygen atoms in total. The minimum atomic E-state index is -1.37. The normalized spacial score (nSPS) is 20.8. The molecule has 7 rings (SSSR count). The summed E-state index contributed by atoms with van der Waals surface area (Å²) in [5.41, 5.74) is 8.62. The molecule has 10 heteroatoms. The topological polar surface area (TPSA) is 140 Å². The highest BCUT2D eigenvalue weighted by atomic mass is 16.2. The zero-order valence-corrected chi connectivity index (χ0v) is 19.4. The highest BCUT2D eigenvalue weighted by Gasteiger charge is 2.63. The number of nitrogens with one attached hydrogen (secondary N) is 2. The van der Waals surface area contributed by atoms with Crippen molar-refractivity contribution in [3.8, 4) is 11.5 Å². The second-order valence-electron chi connectivity index (χ2n) is 9.83. The number of imidazole rings is 1. The summed E-state index contributed by atoms with van der Waals surface area (Å²) >= 11 is 0. The molecular formula is C26H24N8O2. The van der Waals surface area contributed by atoms with Crippen molar-refractivity contribution in [3.05, 3.63) is 65.7 Å². The quantitative estimate of drug-likeness (QED) is 0.360. The highest BCUT2D eigenvalue weighted by molar-refractivity contribution is 6.22. The smallest absolute Gasteiger partial charge is 0.246 e. The van der Waals surface area contributed by atoms with Gasteiger partial charge in [0.05, 0.1) is 11.3 Å². The molecule has 0 radical (unpaired) electrons. The SMILES string of the molecule is Nc1nc(-c2cn3ccnc3c(Cc3ccccc3)n2)nc2c1C(C(=O)NC1CC1)(C1CC1)C(=O)N2. The Labute approximate surface area is 206 Å². The number of fused-ring (bicyclic) bond motifs is 2. The Hall–Kier alpha value is -4.34. The number of hydrogen-bond donors (Lipinski definition) is 3. The van der Waals surface area contributed by atoms with E-state index in [-0.39, 0.29) is 41.2 Å². The van der Waals surface area contributed by atoms with E-state index in [0.29, 0.717) is 17.7 Å². The van der Waals surface area contributed by atoms with Gasteiger partial charge in [0.25, 0.3) is 0 Å². The first-order valence-corrected chi connectivity index (χ1v) is 12.2. The summed E-state index contributed by atoms with van der Waals surface area (Å²) in [4.78, 5) is 45.3. The Morgan fingerprint density at radius 3 is 2.69 bits per heavy atom. The van der Waals surface area contributed by atoms with Gasteiger partial charge < -0.3 is 20.8 Å². The number of hydrogen-bond acceptors (Lipinski definition) is 7. The molecule has 2 amide bonds. The third-order valence-corrected chi connectivity index (χ3v) is 7.27. The van der Waals surface area contributed by atoms with Gasteiger partial charge in [-0.05, 0) is 37.2 Å². The Morgan fingerprint density at radius 1 is 1.14 bits per heavy atom. The minimum absolute atomic E-state index is 0.104. The third-order valence-electron chi connectivity index (χ3n) is 7.27. The van der Waals surface area contributed by atoms with Crippen LogP contribution in [0.5, 0.6) is 0 Å². The summed E-state index contributed by atoms with van der Waals surface area (Å²) in [6.45, 7) is 0. The molecule has 4 N–H and O–H groups in total. The molecule has 3 aromatic heterocycles. The van der Waals surface area contributed by atoms with Gasteiger partial charge in [-0.2, -0.15) is 0 Å². The summed E-state index contributed by atoms with van der Waals surface area (Å²) in [5, 5.41) is 5.86. The van der Waals surface area contributed by atoms with Gasteiger partial charge in [-0.3, -0.25) is 9.59 Å². The van der Waals surface area contributed by atoms with Crippen LogP contribution in [0.25, 0.3) is 17.2 Å². The number of carbonyl (C=O) groups excluding carboxylic acids is 2. The van der Waals surface area contributed by atoms with E-state index in [1.165, 1.54) is 0 Å². The molecule has 36 heavy (non-hydrogen) atoms. The van der Waals surface area contributed by atoms with Gasteiger partial charge in [0.2, 0.25) is 11.8 Å². The van der Waals surface area contributed by atoms with Crippen molar-refractivity contribution in [2.24, 2.45) is 5.92 Å². The van der Waals surface area contributed by atoms with E-state index in [1.54, 1.807) is 12.4 Å². The summed E-state index contributed by atoms with van der Waals surface area (Å²) in [6, 6.07) is 10.1. The first-order valence-electron chi connectivity index (χ1n) is 12.2. The molecule has 0 saturated heterocycles. The van der Waals surface area contributed by atoms with Gasteiger partial charge in [-0.25, -0.2) is 19.9 Å². The predicted molar refractivity (Wildman–Crippen MR) is 132 cm³/mol. The molecule has 2 saturated carbocycles. The van der Waals surface area contributed by atoms with E-state index >= 15 is 0 Å². The van der Waals surface area contributed by atoms with Crippen molar-refractivity contribution in [2.45, 2.75) is 43.6 Å². The van der Waals surface area contributed by atoms with Crippen LogP contribution in [0, 0.1) is 5.92 Å². The molecule has 3 aliphatic rings. The van der Waals surface area contributed by atoms with Crippen molar-refractivity contribution >= 4 is 29.1 Å². The minimum Gasteiger partial charge on any atom is -0.383 e. The first kappa shape index (κ1) is 21.0. The highest BCUT2D eigenvalue weighted by Crippen LogP contribution is 2.54. The number of nitrogens with two attached hydrogens (primary N) is 1. The van der Waals surface area contributed by atoms with Gasteiger partial charge in [0.15, 0.2) is 16.9 Å². The lowest BCUT2D eigenvalue weighted by molar-refractivity contribution is -0.135. The fraction of sp³-hybridized carbons (Fsp3) is 0.308. The van der Waals surface area contributed by atoms with Crippen LogP contribution < -0.4 is 16.4 Å². The molecule has 0 bridgehead atoms. The number of benzene rings is 1. The van der Waals surface area contributed by atoms with Crippen LogP contribution in [0.3, 0.4) is 0 Å². The van der Waals surface area contributed by atoms with E-state index in [9.17, 15) is 9.59 Å². The molecule has 1 aliphatic heterocycles. The lowest BCUT2D eigenvalue weighted by atomic mass is 9.76. The van der Waals surface area contributed by atoms with E-state index in [4.69, 9.17) is 10.7 Å². The monoisotopic (exact) mass is 480 g/mol. The summed E-state index contributed by atoms with van der Waals surface area (Å²) < 4.78 is 1.88. The standard InChI is InChI=1S/C26H24N8O2/c27-20-19-22(33-25(36)26(19,15-6-7-15)24(35)29-16-8-9-16)32-21(31-20)18-13-34-11-10-28-23(34)17(30-18)12-14-4-2-1-3-5-14/h1-5,10-11,13,15-16H,6-9,12H2,(H,29,35)(H3,27,31,32,33,36). The van der Waals surface area contributed by atoms with Crippen molar-refractivity contribution in [1.29, 1.82) is 0 Å². The van der Waals surface area contributed by atoms with Crippen molar-refractivity contribution < 1.29 is 9.59 Å². The molecule has 2 fully saturated rings. The number of aromatic nitrogens is 5. The van der Waals surface area contributed by atoms with Crippen LogP contribution in [-0.4, -0.2) is 42.2 Å². The number of nitrogens with zero attached hydrogens (tertiary/aromatic N) is 5. The van der Waals surface area contributed by atoms with E-state index < -0.39 is 5.41 Å². The summed E-state index contributed by atoms with van der Waals surface area (Å²) in [7, 11) is 0.